The van der Waals surface area contributed by atoms with Crippen LogP contribution in [0.2, 0.25) is 0 Å². The number of alkyl halides is 9. The lowest BCUT2D eigenvalue weighted by Crippen LogP contribution is -2.59. The molecule has 12 N–H and O–H groups in total. The van der Waals surface area contributed by atoms with Crippen molar-refractivity contribution in [3.8, 4) is 17.2 Å². The van der Waals surface area contributed by atoms with Gasteiger partial charge in [-0.3, -0.25) is 28.8 Å². The summed E-state index contributed by atoms with van der Waals surface area (Å²) in [5.41, 5.74) is 7.93. The van der Waals surface area contributed by atoms with Gasteiger partial charge in [-0.1, -0.05) is 54.6 Å². The summed E-state index contributed by atoms with van der Waals surface area (Å²) in [6, 6.07) is 20.3. The highest BCUT2D eigenvalue weighted by atomic mass is 19.4. The number of anilines is 3. The second kappa shape index (κ2) is 17.4. The van der Waals surface area contributed by atoms with Crippen molar-refractivity contribution in [2.45, 2.75) is 73.3 Å². The van der Waals surface area contributed by atoms with E-state index in [9.17, 15) is 83.6 Å². The first-order valence-corrected chi connectivity index (χ1v) is 23.6. The Morgan fingerprint density at radius 2 is 0.642 bits per heavy atom. The Bertz CT molecular complexity index is 3450. The van der Waals surface area contributed by atoms with Crippen LogP contribution in [0.5, 0.6) is 17.2 Å². The van der Waals surface area contributed by atoms with Crippen LogP contribution >= 0.6 is 0 Å². The number of carbonyl (C=O) groups excluding carboxylic acids is 6. The Balaban J connectivity index is 0.000000136. The van der Waals surface area contributed by atoms with Crippen molar-refractivity contribution in [2.75, 3.05) is 17.2 Å². The molecule has 0 radical (unpaired) electrons. The Labute approximate surface area is 448 Å². The van der Waals surface area contributed by atoms with E-state index in [1.54, 1.807) is 0 Å². The standard InChI is InChI=1S/3C18H13F3N2O4/c3*1-8(24)23-16-10-6-5-9(18(19,20)21)7-13(10)27-17(16,26)11-3-2-4-12(22)14(11)15(16)25/h3*2-7,26H,22H2,1H3,(H,23,24)/t2*16-,17-;/m10./s1. The molecule has 12 rings (SSSR count). The fourth-order valence-corrected chi connectivity index (χ4v) is 11.4. The van der Waals surface area contributed by atoms with E-state index in [2.05, 4.69) is 16.0 Å². The van der Waals surface area contributed by atoms with Crippen LogP contribution in [0, 0.1) is 0 Å². The number of nitrogen functional groups attached to an aromatic ring is 3. The molecule has 0 aromatic heterocycles. The number of nitrogens with two attached hydrogens (primary N) is 3. The summed E-state index contributed by atoms with van der Waals surface area (Å²) in [6.45, 7) is 3.37. The molecule has 6 atom stereocenters. The van der Waals surface area contributed by atoms with Crippen molar-refractivity contribution in [2.24, 2.45) is 0 Å². The minimum Gasteiger partial charge on any atom is -0.454 e. The second-order valence-electron chi connectivity index (χ2n) is 19.5. The Morgan fingerprint density at radius 1 is 0.407 bits per heavy atom. The first kappa shape index (κ1) is 55.1. The molecule has 6 aromatic rings. The molecule has 0 fully saturated rings. The van der Waals surface area contributed by atoms with Gasteiger partial charge in [0, 0.05) is 71.2 Å². The first-order valence-electron chi connectivity index (χ1n) is 23.6. The van der Waals surface area contributed by atoms with Crippen molar-refractivity contribution in [1.82, 2.24) is 16.0 Å². The molecular weight excluding hydrogens is 1100 g/mol. The van der Waals surface area contributed by atoms with E-state index in [1.165, 1.54) is 54.6 Å². The monoisotopic (exact) mass is 1130 g/mol. The fourth-order valence-electron chi connectivity index (χ4n) is 11.4. The highest BCUT2D eigenvalue weighted by molar-refractivity contribution is 6.17. The third kappa shape index (κ3) is 7.40. The summed E-state index contributed by atoms with van der Waals surface area (Å²) in [4.78, 5) is 75.3. The zero-order valence-electron chi connectivity index (χ0n) is 41.5. The third-order valence-corrected chi connectivity index (χ3v) is 14.6. The molecule has 2 unspecified atom stereocenters. The van der Waals surface area contributed by atoms with Gasteiger partial charge in [-0.05, 0) is 54.6 Å². The molecule has 6 aromatic carbocycles. The number of amides is 3. The molecule has 6 aliphatic rings. The molecule has 3 heterocycles. The molecule has 0 saturated heterocycles. The number of ether oxygens (including phenoxy) is 3. The number of halogens is 9. The zero-order valence-corrected chi connectivity index (χ0v) is 41.5. The van der Waals surface area contributed by atoms with Crippen LogP contribution in [0.25, 0.3) is 0 Å². The van der Waals surface area contributed by atoms with Crippen molar-refractivity contribution < 1.29 is 97.8 Å². The van der Waals surface area contributed by atoms with Crippen molar-refractivity contribution >= 4 is 52.1 Å². The average molecular weight is 1130 g/mol. The molecule has 420 valence electrons. The second-order valence-corrected chi connectivity index (χ2v) is 19.5. The van der Waals surface area contributed by atoms with E-state index in [0.717, 1.165) is 57.2 Å². The smallest absolute Gasteiger partial charge is 0.416 e. The Morgan fingerprint density at radius 3 is 0.852 bits per heavy atom. The first-order chi connectivity index (χ1) is 37.6. The van der Waals surface area contributed by atoms with E-state index in [0.29, 0.717) is 18.2 Å². The maximum Gasteiger partial charge on any atom is 0.416 e. The van der Waals surface area contributed by atoms with Crippen LogP contribution in [0.3, 0.4) is 0 Å². The van der Waals surface area contributed by atoms with Crippen LogP contribution in [-0.4, -0.2) is 50.4 Å². The molecule has 3 amide bonds. The highest BCUT2D eigenvalue weighted by Crippen LogP contribution is 2.62. The van der Waals surface area contributed by atoms with Crippen LogP contribution in [-0.2, 0) is 66.9 Å². The predicted molar refractivity (Wildman–Crippen MR) is 260 cm³/mol. The van der Waals surface area contributed by atoms with Gasteiger partial charge in [0.1, 0.15) is 17.2 Å². The number of ketones is 3. The zero-order chi connectivity index (χ0) is 59.3. The molecule has 3 aliphatic heterocycles. The van der Waals surface area contributed by atoms with Gasteiger partial charge in [-0.25, -0.2) is 0 Å². The molecular formula is C54H39F9N6O12. The van der Waals surface area contributed by atoms with Gasteiger partial charge in [0.05, 0.1) is 33.4 Å². The lowest BCUT2D eigenvalue weighted by molar-refractivity contribution is -0.175. The number of rotatable bonds is 3. The SMILES string of the molecule is CC(=O)NC12C(=O)c3c(N)cccc3C1(O)Oc1cc(C(F)(F)F)ccc12.CC(=O)N[C@@]12C(=O)c3c(N)cccc3[C@]1(O)Oc1cc(C(F)(F)F)ccc12.CC(=O)N[C@]12C(=O)c3c(N)cccc3[C@@]1(O)Oc1cc(C(F)(F)F)ccc12. The van der Waals surface area contributed by atoms with E-state index >= 15 is 0 Å². The van der Waals surface area contributed by atoms with Gasteiger partial charge in [-0.15, -0.1) is 0 Å². The van der Waals surface area contributed by atoms with Crippen LogP contribution in [0.15, 0.2) is 109 Å². The van der Waals surface area contributed by atoms with Gasteiger partial charge in [0.2, 0.25) is 51.7 Å². The minimum absolute atomic E-state index is 0.0222. The number of fused-ring (bicyclic) bond motifs is 15. The summed E-state index contributed by atoms with van der Waals surface area (Å²) in [7, 11) is 0. The topological polar surface area (TPSA) is 305 Å². The summed E-state index contributed by atoms with van der Waals surface area (Å²) >= 11 is 0. The van der Waals surface area contributed by atoms with Gasteiger partial charge < -0.3 is 62.7 Å². The third-order valence-electron chi connectivity index (χ3n) is 14.6. The number of nitrogens with one attached hydrogen (secondary N) is 3. The van der Waals surface area contributed by atoms with E-state index in [4.69, 9.17) is 31.4 Å². The Kier molecular flexibility index (Phi) is 11.8. The number of carbonyl (C=O) groups is 6. The average Bonchev–Trinajstić information content (AvgIpc) is 2.84. The molecule has 3 aliphatic carbocycles. The van der Waals surface area contributed by atoms with Crippen LogP contribution in [0.4, 0.5) is 56.6 Å². The molecule has 0 spiro atoms. The number of benzene rings is 6. The van der Waals surface area contributed by atoms with Crippen LogP contribution < -0.4 is 47.4 Å². The molecule has 18 nitrogen and oxygen atoms in total. The van der Waals surface area contributed by atoms with Gasteiger partial charge in [0.25, 0.3) is 17.4 Å². The van der Waals surface area contributed by atoms with E-state index < -0.39 is 104 Å². The minimum atomic E-state index is -4.65. The van der Waals surface area contributed by atoms with E-state index in [1.807, 2.05) is 0 Å². The lowest BCUT2D eigenvalue weighted by atomic mass is 9.82. The summed E-state index contributed by atoms with van der Waals surface area (Å²) in [5, 5.41) is 41.1. The number of Topliss-reactive ketones (excluding diaryl/α,β-unsaturated/α-hetero) is 3. The van der Waals surface area contributed by atoms with Crippen LogP contribution in [0.1, 0.15) is 102 Å². The number of hydrogen-bond donors (Lipinski definition) is 9. The maximum absolute atomic E-state index is 13.2. The number of hydrogen-bond acceptors (Lipinski definition) is 15. The highest BCUT2D eigenvalue weighted by Gasteiger charge is 2.75. The maximum atomic E-state index is 13.2. The van der Waals surface area contributed by atoms with Gasteiger partial charge in [-0.2, -0.15) is 39.5 Å². The predicted octanol–water partition coefficient (Wildman–Crippen LogP) is 6.16. The Hall–Kier alpha value is -9.21. The molecule has 27 heteroatoms. The lowest BCUT2D eigenvalue weighted by Gasteiger charge is -2.34. The van der Waals surface area contributed by atoms with Gasteiger partial charge >= 0.3 is 18.5 Å². The summed E-state index contributed by atoms with van der Waals surface area (Å²) < 4.78 is 134. The largest absolute Gasteiger partial charge is 0.454 e. The fraction of sp³-hybridized carbons (Fsp3) is 0.222. The quantitative estimate of drug-likeness (QED) is 0.0708. The molecule has 81 heavy (non-hydrogen) atoms. The van der Waals surface area contributed by atoms with Crippen molar-refractivity contribution in [1.29, 1.82) is 0 Å². The van der Waals surface area contributed by atoms with Crippen molar-refractivity contribution in [3.63, 3.8) is 0 Å². The summed E-state index contributed by atoms with van der Waals surface area (Å²) in [6.07, 6.45) is -13.9. The van der Waals surface area contributed by atoms with Crippen molar-refractivity contribution in [3.05, 3.63) is 176 Å². The van der Waals surface area contributed by atoms with Gasteiger partial charge in [0.15, 0.2) is 0 Å². The normalized spacial score (nSPS) is 25.4. The molecule has 0 bridgehead atoms. The molecule has 0 saturated carbocycles. The number of aliphatic hydroxyl groups is 3. The van der Waals surface area contributed by atoms with E-state index in [-0.39, 0.29) is 84.4 Å². The summed E-state index contributed by atoms with van der Waals surface area (Å²) in [5.74, 6) is -12.6.